The number of rotatable bonds is 4. The Balaban J connectivity index is 2.30. The first-order valence-electron chi connectivity index (χ1n) is 6.68. The molecular formula is C14H20BClO3S. The predicted molar refractivity (Wildman–Crippen MR) is 85.9 cm³/mol. The van der Waals surface area contributed by atoms with Gasteiger partial charge in [0.25, 0.3) is 0 Å². The first-order chi connectivity index (χ1) is 9.31. The lowest BCUT2D eigenvalue weighted by Gasteiger charge is -2.35. The molecule has 110 valence electrons. The van der Waals surface area contributed by atoms with Gasteiger partial charge < -0.3 is 13.5 Å². The van der Waals surface area contributed by atoms with Crippen LogP contribution in [0.25, 0.3) is 0 Å². The van der Waals surface area contributed by atoms with Gasteiger partial charge in [-0.3, -0.25) is 0 Å². The van der Waals surface area contributed by atoms with Gasteiger partial charge in [0.1, 0.15) is 5.75 Å². The summed E-state index contributed by atoms with van der Waals surface area (Å²) in [5, 5.41) is 0.613. The molecule has 20 heavy (non-hydrogen) atoms. The lowest BCUT2D eigenvalue weighted by molar-refractivity contribution is -0.0118. The Labute approximate surface area is 130 Å². The van der Waals surface area contributed by atoms with Crippen molar-refractivity contribution in [3.63, 3.8) is 0 Å². The molecule has 1 atom stereocenters. The molecule has 0 aliphatic carbocycles. The maximum absolute atomic E-state index is 6.14. The monoisotopic (exact) mass is 314 g/mol. The highest BCUT2D eigenvalue weighted by Crippen LogP contribution is 2.39. The molecule has 1 aromatic carbocycles. The summed E-state index contributed by atoms with van der Waals surface area (Å²) in [6.45, 7) is 8.30. The van der Waals surface area contributed by atoms with Crippen molar-refractivity contribution in [2.75, 3.05) is 6.26 Å². The fourth-order valence-electron chi connectivity index (χ4n) is 2.30. The van der Waals surface area contributed by atoms with E-state index in [1.165, 1.54) is 12.0 Å². The normalized spacial score (nSPS) is 25.0. The van der Waals surface area contributed by atoms with Gasteiger partial charge in [0.15, 0.2) is 0 Å². The molecule has 0 saturated carbocycles. The molecule has 6 heteroatoms. The van der Waals surface area contributed by atoms with E-state index in [4.69, 9.17) is 25.1 Å². The largest absolute Gasteiger partial charge is 0.495 e. The Kier molecular flexibility index (Phi) is 4.64. The average molecular weight is 315 g/mol. The Morgan fingerprint density at radius 3 is 2.50 bits per heavy atom. The molecule has 0 radical (unpaired) electrons. The minimum absolute atomic E-state index is 0.319. The van der Waals surface area contributed by atoms with Crippen molar-refractivity contribution in [2.45, 2.75) is 45.3 Å². The second-order valence-electron chi connectivity index (χ2n) is 5.63. The molecule has 1 aliphatic heterocycles. The number of benzene rings is 1. The van der Waals surface area contributed by atoms with E-state index in [2.05, 4.69) is 27.7 Å². The molecule has 0 N–H and O–H groups in total. The van der Waals surface area contributed by atoms with Gasteiger partial charge in [0.05, 0.1) is 23.2 Å². The van der Waals surface area contributed by atoms with Crippen LogP contribution in [-0.4, -0.2) is 24.6 Å². The molecule has 0 aromatic heterocycles. The van der Waals surface area contributed by atoms with Crippen LogP contribution in [0.3, 0.4) is 0 Å². The van der Waals surface area contributed by atoms with Gasteiger partial charge in [-0.1, -0.05) is 18.5 Å². The first kappa shape index (κ1) is 16.0. The van der Waals surface area contributed by atoms with Crippen LogP contribution < -0.4 is 9.65 Å². The summed E-state index contributed by atoms with van der Waals surface area (Å²) in [5.74, 6) is 0.704. The van der Waals surface area contributed by atoms with Crippen molar-refractivity contribution in [3.8, 4) is 5.75 Å². The van der Waals surface area contributed by atoms with Crippen LogP contribution in [0.15, 0.2) is 18.2 Å². The van der Waals surface area contributed by atoms with Crippen LogP contribution in [0.2, 0.25) is 5.02 Å². The lowest BCUT2D eigenvalue weighted by atomic mass is 9.79. The minimum Gasteiger partial charge on any atom is -0.426 e. The van der Waals surface area contributed by atoms with Crippen LogP contribution in [0, 0.1) is 0 Å². The van der Waals surface area contributed by atoms with Gasteiger partial charge in [-0.15, -0.1) is 0 Å². The third-order valence-corrected chi connectivity index (χ3v) is 4.64. The zero-order valence-corrected chi connectivity index (χ0v) is 14.1. The second kappa shape index (κ2) is 5.80. The zero-order chi connectivity index (χ0) is 15.0. The zero-order valence-electron chi connectivity index (χ0n) is 12.5. The van der Waals surface area contributed by atoms with Crippen molar-refractivity contribution in [1.82, 2.24) is 0 Å². The van der Waals surface area contributed by atoms with Crippen molar-refractivity contribution >= 4 is 36.2 Å². The molecule has 1 fully saturated rings. The molecule has 0 spiro atoms. The summed E-state index contributed by atoms with van der Waals surface area (Å²) < 4.78 is 17.7. The second-order valence-corrected chi connectivity index (χ2v) is 6.57. The van der Waals surface area contributed by atoms with E-state index in [9.17, 15) is 0 Å². The Morgan fingerprint density at radius 1 is 1.25 bits per heavy atom. The molecule has 1 unspecified atom stereocenters. The van der Waals surface area contributed by atoms with E-state index < -0.39 is 7.12 Å². The van der Waals surface area contributed by atoms with Gasteiger partial charge >= 0.3 is 7.12 Å². The van der Waals surface area contributed by atoms with Crippen molar-refractivity contribution < 1.29 is 13.5 Å². The van der Waals surface area contributed by atoms with E-state index in [1.54, 1.807) is 6.07 Å². The summed E-state index contributed by atoms with van der Waals surface area (Å²) in [7, 11) is -0.419. The van der Waals surface area contributed by atoms with Crippen LogP contribution in [0.4, 0.5) is 0 Å². The van der Waals surface area contributed by atoms with Gasteiger partial charge in [-0.25, -0.2) is 0 Å². The van der Waals surface area contributed by atoms with Crippen molar-refractivity contribution in [2.24, 2.45) is 0 Å². The Morgan fingerprint density at radius 2 is 1.95 bits per heavy atom. The Bertz CT molecular complexity index is 497. The van der Waals surface area contributed by atoms with Crippen LogP contribution in [-0.2, 0) is 9.31 Å². The maximum atomic E-state index is 6.14. The highest BCUT2D eigenvalue weighted by Gasteiger charge is 2.53. The summed E-state index contributed by atoms with van der Waals surface area (Å²) in [6.07, 6.45) is 2.74. The van der Waals surface area contributed by atoms with Gasteiger partial charge in [0.2, 0.25) is 0 Å². The van der Waals surface area contributed by atoms with E-state index in [1.807, 2.05) is 18.4 Å². The van der Waals surface area contributed by atoms with Crippen LogP contribution in [0.1, 0.15) is 34.1 Å². The maximum Gasteiger partial charge on any atom is 0.495 e. The third-order valence-electron chi connectivity index (χ3n) is 4.06. The quantitative estimate of drug-likeness (QED) is 0.626. The molecule has 2 rings (SSSR count). The molecule has 1 aromatic rings. The third kappa shape index (κ3) is 2.96. The number of hydrogen-bond donors (Lipinski definition) is 0. The fraction of sp³-hybridized carbons (Fsp3) is 0.571. The number of hydrogen-bond acceptors (Lipinski definition) is 4. The van der Waals surface area contributed by atoms with Gasteiger partial charge in [0, 0.05) is 17.3 Å². The van der Waals surface area contributed by atoms with Gasteiger partial charge in [-0.2, -0.15) is 0 Å². The average Bonchev–Trinajstić information content (AvgIpc) is 2.61. The van der Waals surface area contributed by atoms with E-state index in [-0.39, 0.29) is 11.2 Å². The van der Waals surface area contributed by atoms with Crippen LogP contribution >= 0.6 is 23.6 Å². The number of halogens is 1. The van der Waals surface area contributed by atoms with Crippen LogP contribution in [0.5, 0.6) is 5.75 Å². The summed E-state index contributed by atoms with van der Waals surface area (Å²) in [5.41, 5.74) is 0.210. The summed E-state index contributed by atoms with van der Waals surface area (Å²) in [4.78, 5) is 0. The van der Waals surface area contributed by atoms with E-state index >= 15 is 0 Å². The van der Waals surface area contributed by atoms with Crippen molar-refractivity contribution in [1.29, 1.82) is 0 Å². The molecule has 1 heterocycles. The molecule has 1 saturated heterocycles. The lowest BCUT2D eigenvalue weighted by Crippen LogP contribution is -2.44. The van der Waals surface area contributed by atoms with Gasteiger partial charge in [-0.05, 0) is 44.8 Å². The van der Waals surface area contributed by atoms with E-state index in [0.717, 1.165) is 11.9 Å². The minimum atomic E-state index is -0.419. The molecule has 0 amide bonds. The fourth-order valence-corrected chi connectivity index (χ4v) is 2.83. The topological polar surface area (TPSA) is 27.7 Å². The Hall–Kier alpha value is -0.355. The standard InChI is InChI=1S/C14H20BClO3S/c1-6-14(4)13(2,3)18-15(19-14)10-7-11(16)9-12(8-10)17-20-5/h7-9H,6H2,1-5H3. The SMILES string of the molecule is CCC1(C)OB(c2cc(Cl)cc(OSC)c2)OC1(C)C. The van der Waals surface area contributed by atoms with E-state index in [0.29, 0.717) is 10.8 Å². The summed E-state index contributed by atoms with van der Waals surface area (Å²) >= 11 is 7.42. The molecule has 3 nitrogen and oxygen atoms in total. The highest BCUT2D eigenvalue weighted by atomic mass is 35.5. The molecular weight excluding hydrogens is 294 g/mol. The molecule has 0 bridgehead atoms. The van der Waals surface area contributed by atoms with Crippen molar-refractivity contribution in [3.05, 3.63) is 23.2 Å². The highest BCUT2D eigenvalue weighted by molar-refractivity contribution is 7.94. The predicted octanol–water partition coefficient (Wildman–Crippen LogP) is 3.69. The molecule has 1 aliphatic rings. The summed E-state index contributed by atoms with van der Waals surface area (Å²) in [6, 6.07) is 5.54. The smallest absolute Gasteiger partial charge is 0.426 e. The first-order valence-corrected chi connectivity index (χ1v) is 8.21.